The van der Waals surface area contributed by atoms with Gasteiger partial charge in [0.1, 0.15) is 0 Å². The van der Waals surface area contributed by atoms with Crippen LogP contribution in [0.4, 0.5) is 0 Å². The van der Waals surface area contributed by atoms with E-state index in [1.165, 1.54) is 0 Å². The van der Waals surface area contributed by atoms with Gasteiger partial charge in [0, 0.05) is 17.8 Å². The van der Waals surface area contributed by atoms with Gasteiger partial charge in [-0.15, -0.1) is 0 Å². The topological polar surface area (TPSA) is 21.5 Å². The van der Waals surface area contributed by atoms with Crippen molar-refractivity contribution in [1.29, 1.82) is 0 Å². The summed E-state index contributed by atoms with van der Waals surface area (Å²) in [5, 5.41) is 0. The third-order valence-corrected chi connectivity index (χ3v) is 2.58. The summed E-state index contributed by atoms with van der Waals surface area (Å²) >= 11 is 0. The minimum atomic E-state index is 0.0176. The van der Waals surface area contributed by atoms with Crippen LogP contribution in [0, 0.1) is 0 Å². The van der Waals surface area contributed by atoms with E-state index in [9.17, 15) is 4.79 Å². The molecule has 0 aliphatic heterocycles. The standard InChI is InChI=1S/C13H15NO/c1-13(2,3)10-8-11-6-4-5-7-14(11)12(15)9-10/h4-9H,1-3H3. The lowest BCUT2D eigenvalue weighted by Gasteiger charge is -2.19. The first kappa shape index (κ1) is 9.97. The molecule has 0 fully saturated rings. The smallest absolute Gasteiger partial charge is 0.255 e. The van der Waals surface area contributed by atoms with Gasteiger partial charge in [0.25, 0.3) is 5.56 Å². The Hall–Kier alpha value is -1.57. The SMILES string of the molecule is CC(C)(C)c1cc(=O)n2ccccc2c1. The van der Waals surface area contributed by atoms with Crippen molar-refractivity contribution in [1.82, 2.24) is 4.40 Å². The van der Waals surface area contributed by atoms with E-state index in [4.69, 9.17) is 0 Å². The highest BCUT2D eigenvalue weighted by Crippen LogP contribution is 2.21. The van der Waals surface area contributed by atoms with Crippen LogP contribution in [0.5, 0.6) is 0 Å². The molecule has 2 heterocycles. The summed E-state index contributed by atoms with van der Waals surface area (Å²) < 4.78 is 1.66. The Labute approximate surface area is 89.2 Å². The molecule has 0 aliphatic rings. The minimum absolute atomic E-state index is 0.0176. The summed E-state index contributed by atoms with van der Waals surface area (Å²) in [7, 11) is 0. The van der Waals surface area contributed by atoms with Gasteiger partial charge in [-0.3, -0.25) is 9.20 Å². The van der Waals surface area contributed by atoms with Gasteiger partial charge in [0.05, 0.1) is 0 Å². The van der Waals surface area contributed by atoms with E-state index in [0.717, 1.165) is 11.1 Å². The molecule has 2 rings (SSSR count). The second kappa shape index (κ2) is 3.23. The van der Waals surface area contributed by atoms with Crippen LogP contribution in [0.25, 0.3) is 5.52 Å². The van der Waals surface area contributed by atoms with Crippen LogP contribution in [0.1, 0.15) is 26.3 Å². The summed E-state index contributed by atoms with van der Waals surface area (Å²) in [5.41, 5.74) is 2.09. The van der Waals surface area contributed by atoms with Crippen LogP contribution >= 0.6 is 0 Å². The monoisotopic (exact) mass is 201 g/mol. The second-order valence-electron chi connectivity index (χ2n) is 4.83. The fourth-order valence-corrected chi connectivity index (χ4v) is 1.61. The third-order valence-electron chi connectivity index (χ3n) is 2.58. The molecule has 2 aromatic rings. The van der Waals surface area contributed by atoms with Crippen molar-refractivity contribution >= 4 is 5.52 Å². The van der Waals surface area contributed by atoms with Crippen molar-refractivity contribution in [3.63, 3.8) is 0 Å². The molecular formula is C13H15NO. The number of hydrogen-bond donors (Lipinski definition) is 0. The Morgan fingerprint density at radius 2 is 1.87 bits per heavy atom. The first-order chi connectivity index (χ1) is 6.98. The molecule has 0 aliphatic carbocycles. The van der Waals surface area contributed by atoms with Gasteiger partial charge in [-0.1, -0.05) is 26.8 Å². The first-order valence-electron chi connectivity index (χ1n) is 5.10. The zero-order valence-electron chi connectivity index (χ0n) is 9.32. The Morgan fingerprint density at radius 3 is 2.53 bits per heavy atom. The molecular weight excluding hydrogens is 186 g/mol. The Morgan fingerprint density at radius 1 is 1.13 bits per heavy atom. The normalized spacial score (nSPS) is 11.9. The molecule has 0 unspecified atom stereocenters. The molecule has 2 heteroatoms. The maximum atomic E-state index is 11.8. The van der Waals surface area contributed by atoms with Crippen molar-refractivity contribution in [2.45, 2.75) is 26.2 Å². The van der Waals surface area contributed by atoms with E-state index in [1.54, 1.807) is 16.7 Å². The van der Waals surface area contributed by atoms with Crippen LogP contribution in [-0.2, 0) is 5.41 Å². The van der Waals surface area contributed by atoms with Crippen molar-refractivity contribution in [3.8, 4) is 0 Å². The summed E-state index contributed by atoms with van der Waals surface area (Å²) in [6.07, 6.45) is 1.80. The van der Waals surface area contributed by atoms with Gasteiger partial charge in [-0.2, -0.15) is 0 Å². The lowest BCUT2D eigenvalue weighted by Crippen LogP contribution is -2.19. The molecule has 78 valence electrons. The lowest BCUT2D eigenvalue weighted by atomic mass is 9.87. The highest BCUT2D eigenvalue weighted by molar-refractivity contribution is 5.49. The predicted molar refractivity (Wildman–Crippen MR) is 62.4 cm³/mol. The van der Waals surface area contributed by atoms with Gasteiger partial charge >= 0.3 is 0 Å². The van der Waals surface area contributed by atoms with Gasteiger partial charge < -0.3 is 0 Å². The molecule has 0 radical (unpaired) electrons. The van der Waals surface area contributed by atoms with Gasteiger partial charge in [-0.05, 0) is 29.2 Å². The fraction of sp³-hybridized carbons (Fsp3) is 0.308. The molecule has 0 N–H and O–H groups in total. The quantitative estimate of drug-likeness (QED) is 0.642. The number of fused-ring (bicyclic) bond motifs is 1. The van der Waals surface area contributed by atoms with Crippen LogP contribution < -0.4 is 5.56 Å². The van der Waals surface area contributed by atoms with Crippen molar-refractivity contribution in [2.24, 2.45) is 0 Å². The average Bonchev–Trinajstić information content (AvgIpc) is 2.16. The minimum Gasteiger partial charge on any atom is -0.284 e. The predicted octanol–water partition coefficient (Wildman–Crippen LogP) is 2.60. The van der Waals surface area contributed by atoms with Gasteiger partial charge in [-0.25, -0.2) is 0 Å². The van der Waals surface area contributed by atoms with Crippen LogP contribution in [0.3, 0.4) is 0 Å². The van der Waals surface area contributed by atoms with Gasteiger partial charge in [0.2, 0.25) is 0 Å². The molecule has 0 spiro atoms. The number of hydrogen-bond acceptors (Lipinski definition) is 1. The Balaban J connectivity index is 2.79. The molecule has 0 aromatic carbocycles. The molecule has 0 saturated heterocycles. The summed E-state index contributed by atoms with van der Waals surface area (Å²) in [5.74, 6) is 0. The number of rotatable bonds is 0. The third kappa shape index (κ3) is 1.80. The fourth-order valence-electron chi connectivity index (χ4n) is 1.61. The second-order valence-corrected chi connectivity index (χ2v) is 4.83. The van der Waals surface area contributed by atoms with E-state index in [1.807, 2.05) is 18.2 Å². The first-order valence-corrected chi connectivity index (χ1v) is 5.10. The summed E-state index contributed by atoms with van der Waals surface area (Å²) in [4.78, 5) is 11.8. The molecule has 15 heavy (non-hydrogen) atoms. The lowest BCUT2D eigenvalue weighted by molar-refractivity contribution is 0.589. The Bertz CT molecular complexity index is 546. The average molecular weight is 201 g/mol. The zero-order valence-corrected chi connectivity index (χ0v) is 9.32. The summed E-state index contributed by atoms with van der Waals surface area (Å²) in [6.45, 7) is 6.34. The van der Waals surface area contributed by atoms with E-state index in [0.29, 0.717) is 0 Å². The van der Waals surface area contributed by atoms with Crippen LogP contribution in [0.2, 0.25) is 0 Å². The van der Waals surface area contributed by atoms with E-state index in [2.05, 4.69) is 26.8 Å². The van der Waals surface area contributed by atoms with E-state index in [-0.39, 0.29) is 11.0 Å². The van der Waals surface area contributed by atoms with Crippen molar-refractivity contribution < 1.29 is 0 Å². The highest BCUT2D eigenvalue weighted by atomic mass is 16.1. The van der Waals surface area contributed by atoms with Crippen molar-refractivity contribution in [3.05, 3.63) is 52.4 Å². The molecule has 0 saturated carbocycles. The molecule has 0 bridgehead atoms. The van der Waals surface area contributed by atoms with Gasteiger partial charge in [0.15, 0.2) is 0 Å². The molecule has 0 atom stereocenters. The Kier molecular flexibility index (Phi) is 2.14. The molecule has 0 amide bonds. The maximum Gasteiger partial charge on any atom is 0.255 e. The highest BCUT2D eigenvalue weighted by Gasteiger charge is 2.14. The number of nitrogens with zero attached hydrogens (tertiary/aromatic N) is 1. The van der Waals surface area contributed by atoms with Crippen molar-refractivity contribution in [2.75, 3.05) is 0 Å². The van der Waals surface area contributed by atoms with Crippen LogP contribution in [-0.4, -0.2) is 4.40 Å². The number of pyridine rings is 2. The van der Waals surface area contributed by atoms with E-state index < -0.39 is 0 Å². The molecule has 2 aromatic heterocycles. The zero-order chi connectivity index (χ0) is 11.1. The van der Waals surface area contributed by atoms with Crippen LogP contribution in [0.15, 0.2) is 41.3 Å². The summed E-state index contributed by atoms with van der Waals surface area (Å²) in [6, 6.07) is 9.55. The molecule has 2 nitrogen and oxygen atoms in total. The maximum absolute atomic E-state index is 11.8. The number of aromatic nitrogens is 1. The van der Waals surface area contributed by atoms with E-state index >= 15 is 0 Å². The largest absolute Gasteiger partial charge is 0.284 e.